The third-order valence-corrected chi connectivity index (χ3v) is 2.61. The lowest BCUT2D eigenvalue weighted by molar-refractivity contribution is 0.570. The van der Waals surface area contributed by atoms with Crippen LogP contribution in [-0.2, 0) is 6.54 Å². The molecule has 1 heterocycles. The van der Waals surface area contributed by atoms with Gasteiger partial charge in [0.2, 0.25) is 0 Å². The first-order valence-corrected chi connectivity index (χ1v) is 5.43. The van der Waals surface area contributed by atoms with Crippen molar-refractivity contribution >= 4 is 11.5 Å². The molecule has 94 valence electrons. The average molecular weight is 249 g/mol. The van der Waals surface area contributed by atoms with Crippen molar-refractivity contribution in [1.29, 1.82) is 0 Å². The Morgan fingerprint density at radius 2 is 2.00 bits per heavy atom. The number of hydrogen-bond acceptors (Lipinski definition) is 3. The molecule has 0 fully saturated rings. The van der Waals surface area contributed by atoms with Crippen LogP contribution in [0.5, 0.6) is 0 Å². The van der Waals surface area contributed by atoms with Gasteiger partial charge in [-0.1, -0.05) is 18.2 Å². The van der Waals surface area contributed by atoms with E-state index in [1.54, 1.807) is 18.0 Å². The topological polar surface area (TPSA) is 42.1 Å². The van der Waals surface area contributed by atoms with Gasteiger partial charge in [-0.25, -0.2) is 13.8 Å². The summed E-state index contributed by atoms with van der Waals surface area (Å²) in [7, 11) is 1.68. The molecule has 0 amide bonds. The summed E-state index contributed by atoms with van der Waals surface area (Å²) in [6.45, 7) is 0.405. The SMILES string of the molecule is CN(Cc1ccccc1N)c1ncc(F)cc1F. The summed E-state index contributed by atoms with van der Waals surface area (Å²) in [5, 5.41) is 0. The lowest BCUT2D eigenvalue weighted by Gasteiger charge is -2.19. The van der Waals surface area contributed by atoms with Gasteiger partial charge in [-0.05, 0) is 11.6 Å². The molecule has 3 nitrogen and oxygen atoms in total. The van der Waals surface area contributed by atoms with Crippen LogP contribution in [0.1, 0.15) is 5.56 Å². The first kappa shape index (κ1) is 12.3. The molecule has 0 spiro atoms. The highest BCUT2D eigenvalue weighted by molar-refractivity contribution is 5.49. The summed E-state index contributed by atoms with van der Waals surface area (Å²) in [4.78, 5) is 5.32. The van der Waals surface area contributed by atoms with Crippen molar-refractivity contribution in [2.75, 3.05) is 17.7 Å². The van der Waals surface area contributed by atoms with E-state index in [2.05, 4.69) is 4.98 Å². The fourth-order valence-corrected chi connectivity index (χ4v) is 1.70. The second kappa shape index (κ2) is 5.00. The molecule has 0 aliphatic carbocycles. The predicted molar refractivity (Wildman–Crippen MR) is 67.1 cm³/mol. The second-order valence-electron chi connectivity index (χ2n) is 4.01. The maximum atomic E-state index is 13.5. The molecule has 2 N–H and O–H groups in total. The Kier molecular flexibility index (Phi) is 3.41. The van der Waals surface area contributed by atoms with E-state index in [0.29, 0.717) is 12.2 Å². The predicted octanol–water partition coefficient (Wildman–Crippen LogP) is 2.58. The normalized spacial score (nSPS) is 10.4. The third kappa shape index (κ3) is 2.56. The number of halogens is 2. The van der Waals surface area contributed by atoms with E-state index in [0.717, 1.165) is 17.8 Å². The summed E-state index contributed by atoms with van der Waals surface area (Å²) in [6, 6.07) is 8.13. The van der Waals surface area contributed by atoms with Gasteiger partial charge in [0.05, 0.1) is 6.20 Å². The molecule has 0 saturated heterocycles. The zero-order chi connectivity index (χ0) is 13.1. The molecule has 0 bridgehead atoms. The molecule has 0 aliphatic rings. The molecular formula is C13H13F2N3. The van der Waals surface area contributed by atoms with Gasteiger partial charge >= 0.3 is 0 Å². The highest BCUT2D eigenvalue weighted by Crippen LogP contribution is 2.19. The quantitative estimate of drug-likeness (QED) is 0.850. The molecule has 0 radical (unpaired) electrons. The minimum atomic E-state index is -0.691. The molecule has 18 heavy (non-hydrogen) atoms. The summed E-state index contributed by atoms with van der Waals surface area (Å²) < 4.78 is 26.3. The van der Waals surface area contributed by atoms with Crippen molar-refractivity contribution in [3.8, 4) is 0 Å². The summed E-state index contributed by atoms with van der Waals surface area (Å²) in [6.07, 6.45) is 0.989. The van der Waals surface area contributed by atoms with Gasteiger partial charge < -0.3 is 10.6 Å². The van der Waals surface area contributed by atoms with E-state index in [1.807, 2.05) is 18.2 Å². The first-order valence-electron chi connectivity index (χ1n) is 5.43. The van der Waals surface area contributed by atoms with Gasteiger partial charge in [-0.15, -0.1) is 0 Å². The molecular weight excluding hydrogens is 236 g/mol. The van der Waals surface area contributed by atoms with Crippen LogP contribution < -0.4 is 10.6 Å². The number of rotatable bonds is 3. The van der Waals surface area contributed by atoms with Crippen LogP contribution in [-0.4, -0.2) is 12.0 Å². The van der Waals surface area contributed by atoms with Crippen molar-refractivity contribution in [3.05, 3.63) is 53.7 Å². The van der Waals surface area contributed by atoms with Crippen LogP contribution in [0.15, 0.2) is 36.5 Å². The number of hydrogen-bond donors (Lipinski definition) is 1. The van der Waals surface area contributed by atoms with E-state index in [-0.39, 0.29) is 5.82 Å². The first-order chi connectivity index (χ1) is 8.58. The molecule has 0 unspecified atom stereocenters. The highest BCUT2D eigenvalue weighted by atomic mass is 19.1. The van der Waals surface area contributed by atoms with Gasteiger partial charge in [-0.3, -0.25) is 0 Å². The Bertz CT molecular complexity index is 558. The standard InChI is InChI=1S/C13H13F2N3/c1-18(8-9-4-2-3-5-12(9)16)13-11(15)6-10(14)7-17-13/h2-7H,8,16H2,1H3. The Balaban J connectivity index is 2.22. The second-order valence-corrected chi connectivity index (χ2v) is 4.01. The molecule has 1 aromatic heterocycles. The molecule has 1 aromatic carbocycles. The van der Waals surface area contributed by atoms with Gasteiger partial charge in [-0.2, -0.15) is 0 Å². The zero-order valence-electron chi connectivity index (χ0n) is 9.90. The van der Waals surface area contributed by atoms with E-state index in [9.17, 15) is 8.78 Å². The van der Waals surface area contributed by atoms with Crippen molar-refractivity contribution < 1.29 is 8.78 Å². The monoisotopic (exact) mass is 249 g/mol. The number of aromatic nitrogens is 1. The van der Waals surface area contributed by atoms with Crippen molar-refractivity contribution in [1.82, 2.24) is 4.98 Å². The van der Waals surface area contributed by atoms with Crippen molar-refractivity contribution in [2.45, 2.75) is 6.54 Å². The van der Waals surface area contributed by atoms with Gasteiger partial charge in [0, 0.05) is 25.3 Å². The number of nitrogens with zero attached hydrogens (tertiary/aromatic N) is 2. The van der Waals surface area contributed by atoms with E-state index in [4.69, 9.17) is 5.73 Å². The summed E-state index contributed by atoms with van der Waals surface area (Å²) >= 11 is 0. The Morgan fingerprint density at radius 3 is 2.67 bits per heavy atom. The maximum Gasteiger partial charge on any atom is 0.168 e. The van der Waals surface area contributed by atoms with Crippen LogP contribution in [0, 0.1) is 11.6 Å². The number of pyridine rings is 1. The van der Waals surface area contributed by atoms with Gasteiger partial charge in [0.25, 0.3) is 0 Å². The van der Waals surface area contributed by atoms with E-state index < -0.39 is 11.6 Å². The number of benzene rings is 1. The van der Waals surface area contributed by atoms with Crippen LogP contribution in [0.4, 0.5) is 20.3 Å². The smallest absolute Gasteiger partial charge is 0.168 e. The van der Waals surface area contributed by atoms with Crippen molar-refractivity contribution in [2.24, 2.45) is 0 Å². The Morgan fingerprint density at radius 1 is 1.28 bits per heavy atom. The van der Waals surface area contributed by atoms with Gasteiger partial charge in [0.15, 0.2) is 11.6 Å². The Hall–Kier alpha value is -2.17. The number of anilines is 2. The minimum Gasteiger partial charge on any atom is -0.398 e. The molecule has 0 saturated carbocycles. The third-order valence-electron chi connectivity index (χ3n) is 2.61. The molecule has 0 atom stereocenters. The van der Waals surface area contributed by atoms with E-state index >= 15 is 0 Å². The fraction of sp³-hybridized carbons (Fsp3) is 0.154. The Labute approximate surface area is 104 Å². The van der Waals surface area contributed by atoms with Crippen LogP contribution >= 0.6 is 0 Å². The van der Waals surface area contributed by atoms with Crippen LogP contribution in [0.3, 0.4) is 0 Å². The maximum absolute atomic E-state index is 13.5. The van der Waals surface area contributed by atoms with E-state index in [1.165, 1.54) is 0 Å². The lowest BCUT2D eigenvalue weighted by Crippen LogP contribution is -2.20. The lowest BCUT2D eigenvalue weighted by atomic mass is 10.2. The zero-order valence-corrected chi connectivity index (χ0v) is 9.90. The highest BCUT2D eigenvalue weighted by Gasteiger charge is 2.11. The fourth-order valence-electron chi connectivity index (χ4n) is 1.70. The summed E-state index contributed by atoms with van der Waals surface area (Å²) in [5.41, 5.74) is 7.31. The molecule has 2 rings (SSSR count). The molecule has 5 heteroatoms. The molecule has 0 aliphatic heterocycles. The average Bonchev–Trinajstić information content (AvgIpc) is 2.32. The largest absolute Gasteiger partial charge is 0.398 e. The van der Waals surface area contributed by atoms with Crippen LogP contribution in [0.2, 0.25) is 0 Å². The van der Waals surface area contributed by atoms with Crippen LogP contribution in [0.25, 0.3) is 0 Å². The van der Waals surface area contributed by atoms with Gasteiger partial charge in [0.1, 0.15) is 5.82 Å². The number of nitrogens with two attached hydrogens (primary N) is 1. The molecule has 2 aromatic rings. The number of nitrogen functional groups attached to an aromatic ring is 1. The summed E-state index contributed by atoms with van der Waals surface area (Å²) in [5.74, 6) is -1.28. The van der Waals surface area contributed by atoms with Crippen molar-refractivity contribution in [3.63, 3.8) is 0 Å². The minimum absolute atomic E-state index is 0.0969. The number of para-hydroxylation sites is 1.